The first kappa shape index (κ1) is 3.06. The van der Waals surface area contributed by atoms with Gasteiger partial charge in [-0.3, -0.25) is 0 Å². The van der Waals surface area contributed by atoms with Gasteiger partial charge in [0.05, 0.1) is 17.1 Å². The highest BCUT2D eigenvalue weighted by atomic mass is 79.9. The van der Waals surface area contributed by atoms with E-state index in [0.717, 1.165) is 0 Å². The average Bonchev–Trinajstić information content (AvgIpc) is 2.13. The fraction of sp³-hybridized carbons (Fsp3) is 0.143. The Morgan fingerprint density at radius 3 is 2.89 bits per heavy atom. The van der Waals surface area contributed by atoms with Crippen LogP contribution in [0.4, 0.5) is 0 Å². The molecule has 0 aliphatic heterocycles. The molecule has 1 rings (SSSR count). The first-order valence-electron chi connectivity index (χ1n) is 4.30. The molecular weight excluding hydrogens is 180 g/mol. The summed E-state index contributed by atoms with van der Waals surface area (Å²) in [4.78, 5) is 0. The summed E-state index contributed by atoms with van der Waals surface area (Å²) in [5.41, 5.74) is 0. The van der Waals surface area contributed by atoms with E-state index in [1.54, 1.807) is 0 Å². The third-order valence-corrected chi connectivity index (χ3v) is 1.37. The molecule has 1 nitrogen and oxygen atoms in total. The van der Waals surface area contributed by atoms with Crippen molar-refractivity contribution in [2.24, 2.45) is 0 Å². The normalized spacial score (nSPS) is 15.3. The van der Waals surface area contributed by atoms with Gasteiger partial charge in [0.2, 0.25) is 0 Å². The standard InChI is InChI=1S/C7H7BrO/c1-9-7-5-3-2-4-6(7)8/h2-5H,1H3/i2D,3D,4D,5D. The second-order valence-corrected chi connectivity index (χ2v) is 2.14. The number of para-hydroxylation sites is 1. The van der Waals surface area contributed by atoms with E-state index in [2.05, 4.69) is 15.9 Å². The molecule has 0 saturated carbocycles. The lowest BCUT2D eigenvalue weighted by molar-refractivity contribution is 0.412. The number of rotatable bonds is 1. The van der Waals surface area contributed by atoms with Gasteiger partial charge in [0.1, 0.15) is 5.75 Å². The van der Waals surface area contributed by atoms with Crippen molar-refractivity contribution in [1.29, 1.82) is 0 Å². The van der Waals surface area contributed by atoms with Crippen LogP contribution < -0.4 is 4.74 Å². The SMILES string of the molecule is [2H]c1c([2H])c([2H])c(OC)c(Br)c1[2H]. The van der Waals surface area contributed by atoms with Crippen LogP contribution in [0.1, 0.15) is 5.48 Å². The molecule has 48 valence electrons. The van der Waals surface area contributed by atoms with E-state index in [9.17, 15) is 0 Å². The minimum Gasteiger partial charge on any atom is -0.496 e. The minimum atomic E-state index is -0.287. The lowest BCUT2D eigenvalue weighted by Gasteiger charge is -1.99. The van der Waals surface area contributed by atoms with Crippen molar-refractivity contribution in [1.82, 2.24) is 0 Å². The van der Waals surface area contributed by atoms with Gasteiger partial charge in [-0.05, 0) is 28.0 Å². The number of benzene rings is 1. The zero-order valence-corrected chi connectivity index (χ0v) is 6.37. The van der Waals surface area contributed by atoms with Gasteiger partial charge in [-0.2, -0.15) is 0 Å². The highest BCUT2D eigenvalue weighted by Gasteiger charge is 1.92. The van der Waals surface area contributed by atoms with Crippen LogP contribution in [0.5, 0.6) is 5.75 Å². The lowest BCUT2D eigenvalue weighted by atomic mass is 10.3. The summed E-state index contributed by atoms with van der Waals surface area (Å²) in [6.45, 7) is 0. The second-order valence-electron chi connectivity index (χ2n) is 1.35. The monoisotopic (exact) mass is 190 g/mol. The van der Waals surface area contributed by atoms with Gasteiger partial charge in [-0.25, -0.2) is 0 Å². The molecule has 1 aromatic rings. The van der Waals surface area contributed by atoms with Gasteiger partial charge in [0, 0.05) is 0 Å². The van der Waals surface area contributed by atoms with E-state index in [1.165, 1.54) is 7.11 Å². The summed E-state index contributed by atoms with van der Waals surface area (Å²) in [7, 11) is 1.36. The van der Waals surface area contributed by atoms with Crippen molar-refractivity contribution in [2.45, 2.75) is 0 Å². The van der Waals surface area contributed by atoms with Crippen molar-refractivity contribution >= 4 is 15.9 Å². The molecular formula is C7H7BrO. The van der Waals surface area contributed by atoms with Crippen LogP contribution >= 0.6 is 15.9 Å². The minimum absolute atomic E-state index is 0.127. The molecule has 2 heteroatoms. The molecule has 0 N–H and O–H groups in total. The van der Waals surface area contributed by atoms with Crippen LogP contribution in [0.25, 0.3) is 0 Å². The predicted molar refractivity (Wildman–Crippen MR) is 40.7 cm³/mol. The molecule has 0 unspecified atom stereocenters. The third kappa shape index (κ3) is 1.45. The molecule has 0 saturated heterocycles. The Balaban J connectivity index is 3.56. The Morgan fingerprint density at radius 1 is 1.56 bits per heavy atom. The van der Waals surface area contributed by atoms with Crippen molar-refractivity contribution in [3.05, 3.63) is 28.6 Å². The van der Waals surface area contributed by atoms with Gasteiger partial charge in [-0.15, -0.1) is 0 Å². The van der Waals surface area contributed by atoms with Crippen molar-refractivity contribution in [3.63, 3.8) is 0 Å². The zero-order valence-electron chi connectivity index (χ0n) is 8.79. The van der Waals surface area contributed by atoms with Gasteiger partial charge in [0.15, 0.2) is 0 Å². The Morgan fingerprint density at radius 2 is 2.22 bits per heavy atom. The molecule has 0 atom stereocenters. The Hall–Kier alpha value is -0.500. The Bertz CT molecular complexity index is 324. The molecule has 0 aliphatic rings. The van der Waals surface area contributed by atoms with E-state index in [0.29, 0.717) is 0 Å². The van der Waals surface area contributed by atoms with Crippen LogP contribution in [0.2, 0.25) is 0 Å². The summed E-state index contributed by atoms with van der Waals surface area (Å²) in [5, 5.41) is 0. The van der Waals surface area contributed by atoms with Crippen LogP contribution in [0.15, 0.2) is 28.6 Å². The van der Waals surface area contributed by atoms with Crippen molar-refractivity contribution in [2.75, 3.05) is 7.11 Å². The quantitative estimate of drug-likeness (QED) is 0.662. The molecule has 0 aromatic heterocycles. The van der Waals surface area contributed by atoms with E-state index >= 15 is 0 Å². The molecule has 1 aromatic carbocycles. The molecule has 0 bridgehead atoms. The first-order chi connectivity index (χ1) is 6.00. The Kier molecular flexibility index (Phi) is 0.977. The number of halogens is 1. The maximum absolute atomic E-state index is 7.43. The maximum atomic E-state index is 7.43. The molecule has 9 heavy (non-hydrogen) atoms. The molecule has 0 spiro atoms. The van der Waals surface area contributed by atoms with Gasteiger partial charge in [0.25, 0.3) is 0 Å². The molecule has 0 radical (unpaired) electrons. The summed E-state index contributed by atoms with van der Waals surface area (Å²) >= 11 is 3.04. The van der Waals surface area contributed by atoms with Gasteiger partial charge < -0.3 is 4.74 Å². The first-order valence-corrected chi connectivity index (χ1v) is 3.09. The summed E-state index contributed by atoms with van der Waals surface area (Å²) in [6.07, 6.45) is 0. The topological polar surface area (TPSA) is 9.23 Å². The third-order valence-electron chi connectivity index (χ3n) is 0.814. The molecule has 0 aliphatic carbocycles. The van der Waals surface area contributed by atoms with E-state index in [-0.39, 0.29) is 34.4 Å². The van der Waals surface area contributed by atoms with Crippen LogP contribution in [-0.4, -0.2) is 7.11 Å². The highest BCUT2D eigenvalue weighted by Crippen LogP contribution is 2.22. The summed E-state index contributed by atoms with van der Waals surface area (Å²) in [5.74, 6) is 0.131. The van der Waals surface area contributed by atoms with Gasteiger partial charge in [-0.1, -0.05) is 12.1 Å². The lowest BCUT2D eigenvalue weighted by Crippen LogP contribution is -1.81. The molecule has 0 fully saturated rings. The van der Waals surface area contributed by atoms with Crippen LogP contribution in [-0.2, 0) is 0 Å². The Labute approximate surface area is 68.4 Å². The number of methoxy groups -OCH3 is 1. The second kappa shape index (κ2) is 2.87. The van der Waals surface area contributed by atoms with Crippen LogP contribution in [0, 0.1) is 0 Å². The molecule has 0 heterocycles. The number of hydrogen-bond acceptors (Lipinski definition) is 1. The average molecular weight is 191 g/mol. The van der Waals surface area contributed by atoms with E-state index in [4.69, 9.17) is 10.2 Å². The van der Waals surface area contributed by atoms with Gasteiger partial charge >= 0.3 is 0 Å². The fourth-order valence-corrected chi connectivity index (χ4v) is 0.787. The smallest absolute Gasteiger partial charge is 0.133 e. The fourth-order valence-electron chi connectivity index (χ4n) is 0.426. The zero-order chi connectivity index (χ0) is 10.2. The largest absolute Gasteiger partial charge is 0.496 e. The summed E-state index contributed by atoms with van der Waals surface area (Å²) in [6, 6.07) is -0.851. The number of hydrogen-bond donors (Lipinski definition) is 0. The highest BCUT2D eigenvalue weighted by molar-refractivity contribution is 9.10. The van der Waals surface area contributed by atoms with Crippen LogP contribution in [0.3, 0.4) is 0 Å². The maximum Gasteiger partial charge on any atom is 0.133 e. The van der Waals surface area contributed by atoms with Crippen molar-refractivity contribution in [3.8, 4) is 5.75 Å². The number of ether oxygens (including phenoxy) is 1. The van der Waals surface area contributed by atoms with E-state index in [1.807, 2.05) is 0 Å². The molecule has 0 amide bonds. The predicted octanol–water partition coefficient (Wildman–Crippen LogP) is 2.46. The van der Waals surface area contributed by atoms with Crippen molar-refractivity contribution < 1.29 is 10.2 Å². The van der Waals surface area contributed by atoms with E-state index < -0.39 is 0 Å². The summed E-state index contributed by atoms with van der Waals surface area (Å²) < 4.78 is 34.6.